The number of anilines is 1. The van der Waals surface area contributed by atoms with Crippen LogP contribution in [0.4, 0.5) is 5.69 Å². The van der Waals surface area contributed by atoms with E-state index in [4.69, 9.17) is 5.73 Å². The minimum atomic E-state index is 0.734. The van der Waals surface area contributed by atoms with E-state index in [1.54, 1.807) is 12.3 Å². The van der Waals surface area contributed by atoms with Gasteiger partial charge in [-0.15, -0.1) is 5.10 Å². The second-order valence-corrected chi connectivity index (χ2v) is 2.96. The maximum Gasteiger partial charge on any atom is 0.111 e. The average Bonchev–Trinajstić information content (AvgIpc) is 2.57. The molecule has 1 aliphatic carbocycles. The van der Waals surface area contributed by atoms with Gasteiger partial charge in [-0.1, -0.05) is 6.08 Å². The molecule has 2 N–H and O–H groups in total. The zero-order chi connectivity index (χ0) is 8.39. The Kier molecular flexibility index (Phi) is 1.78. The highest BCUT2D eigenvalue weighted by molar-refractivity contribution is 5.72. The van der Waals surface area contributed by atoms with Gasteiger partial charge in [0.05, 0.1) is 11.9 Å². The zero-order valence-electron chi connectivity index (χ0n) is 6.83. The molecular formula is C9H11N3. The second kappa shape index (κ2) is 2.93. The Morgan fingerprint density at radius 2 is 2.33 bits per heavy atom. The van der Waals surface area contributed by atoms with Crippen molar-refractivity contribution in [1.82, 2.24) is 10.2 Å². The minimum absolute atomic E-state index is 0.734. The fraction of sp³-hybridized carbons (Fsp3) is 0.333. The van der Waals surface area contributed by atoms with Crippen LogP contribution in [0.2, 0.25) is 0 Å². The molecule has 2 rings (SSSR count). The molecule has 0 radical (unpaired) electrons. The normalized spacial score (nSPS) is 16.2. The molecule has 1 heterocycles. The smallest absolute Gasteiger partial charge is 0.111 e. The van der Waals surface area contributed by atoms with Gasteiger partial charge in [-0.3, -0.25) is 0 Å². The lowest BCUT2D eigenvalue weighted by atomic mass is 10.1. The number of aromatic nitrogens is 2. The highest BCUT2D eigenvalue weighted by atomic mass is 15.1. The Morgan fingerprint density at radius 1 is 1.42 bits per heavy atom. The molecule has 62 valence electrons. The fourth-order valence-electron chi connectivity index (χ4n) is 1.48. The van der Waals surface area contributed by atoms with Crippen LogP contribution in [0.3, 0.4) is 0 Å². The van der Waals surface area contributed by atoms with Gasteiger partial charge in [-0.05, 0) is 30.9 Å². The minimum Gasteiger partial charge on any atom is -0.397 e. The maximum absolute atomic E-state index is 5.76. The van der Waals surface area contributed by atoms with Gasteiger partial charge in [0.1, 0.15) is 5.69 Å². The van der Waals surface area contributed by atoms with Gasteiger partial charge >= 0.3 is 0 Å². The van der Waals surface area contributed by atoms with Gasteiger partial charge in [-0.25, -0.2) is 0 Å². The number of nitrogens with two attached hydrogens (primary N) is 1. The second-order valence-electron chi connectivity index (χ2n) is 2.96. The van der Waals surface area contributed by atoms with Crippen LogP contribution in [0, 0.1) is 0 Å². The monoisotopic (exact) mass is 161 g/mol. The summed E-state index contributed by atoms with van der Waals surface area (Å²) in [5.41, 5.74) is 8.61. The van der Waals surface area contributed by atoms with Crippen molar-refractivity contribution in [3.05, 3.63) is 24.0 Å². The van der Waals surface area contributed by atoms with E-state index in [1.807, 2.05) is 0 Å². The largest absolute Gasteiger partial charge is 0.397 e. The summed E-state index contributed by atoms with van der Waals surface area (Å²) in [6, 6.07) is 1.79. The first kappa shape index (κ1) is 7.28. The molecule has 1 aromatic heterocycles. The molecule has 1 aliphatic rings. The Morgan fingerprint density at radius 3 is 3.00 bits per heavy atom. The van der Waals surface area contributed by atoms with Crippen LogP contribution >= 0.6 is 0 Å². The molecule has 3 nitrogen and oxygen atoms in total. The lowest BCUT2D eigenvalue weighted by Gasteiger charge is -2.02. The van der Waals surface area contributed by atoms with Gasteiger partial charge in [-0.2, -0.15) is 5.10 Å². The molecule has 0 fully saturated rings. The molecular weight excluding hydrogens is 150 g/mol. The van der Waals surface area contributed by atoms with Gasteiger partial charge in [0.15, 0.2) is 0 Å². The Bertz CT molecular complexity index is 317. The van der Waals surface area contributed by atoms with E-state index in [1.165, 1.54) is 12.0 Å². The fourth-order valence-corrected chi connectivity index (χ4v) is 1.48. The van der Waals surface area contributed by atoms with Crippen molar-refractivity contribution in [2.24, 2.45) is 0 Å². The first-order valence-electron chi connectivity index (χ1n) is 4.14. The molecule has 0 aliphatic heterocycles. The Labute approximate surface area is 71.3 Å². The summed E-state index contributed by atoms with van der Waals surface area (Å²) in [6.45, 7) is 0. The van der Waals surface area contributed by atoms with Crippen molar-refractivity contribution in [3.63, 3.8) is 0 Å². The van der Waals surface area contributed by atoms with E-state index < -0.39 is 0 Å². The highest BCUT2D eigenvalue weighted by Gasteiger charge is 2.10. The molecule has 0 amide bonds. The third kappa shape index (κ3) is 1.18. The van der Waals surface area contributed by atoms with Crippen LogP contribution < -0.4 is 5.73 Å². The number of nitrogens with zero attached hydrogens (tertiary/aromatic N) is 2. The van der Waals surface area contributed by atoms with Gasteiger partial charge in [0.25, 0.3) is 0 Å². The molecule has 0 aromatic carbocycles. The van der Waals surface area contributed by atoms with Gasteiger partial charge < -0.3 is 5.73 Å². The topological polar surface area (TPSA) is 51.8 Å². The van der Waals surface area contributed by atoms with E-state index in [0.29, 0.717) is 0 Å². The first-order chi connectivity index (χ1) is 5.88. The average molecular weight is 161 g/mol. The molecule has 0 atom stereocenters. The molecule has 0 spiro atoms. The van der Waals surface area contributed by atoms with Crippen LogP contribution in [0.1, 0.15) is 25.0 Å². The number of allylic oxidation sites excluding steroid dienone is 2. The zero-order valence-corrected chi connectivity index (χ0v) is 6.83. The molecule has 0 saturated carbocycles. The summed E-state index contributed by atoms with van der Waals surface area (Å²) in [5, 5.41) is 7.84. The third-order valence-corrected chi connectivity index (χ3v) is 2.10. The van der Waals surface area contributed by atoms with Gasteiger partial charge in [0.2, 0.25) is 0 Å². The van der Waals surface area contributed by atoms with Crippen molar-refractivity contribution >= 4 is 11.3 Å². The van der Waals surface area contributed by atoms with Crippen molar-refractivity contribution in [2.45, 2.75) is 19.3 Å². The third-order valence-electron chi connectivity index (χ3n) is 2.10. The maximum atomic E-state index is 5.76. The summed E-state index contributed by atoms with van der Waals surface area (Å²) in [7, 11) is 0. The van der Waals surface area contributed by atoms with E-state index in [0.717, 1.165) is 24.2 Å². The lowest BCUT2D eigenvalue weighted by molar-refractivity contribution is 0.926. The summed E-state index contributed by atoms with van der Waals surface area (Å²) in [4.78, 5) is 0. The number of nitrogen functional groups attached to an aromatic ring is 1. The molecule has 12 heavy (non-hydrogen) atoms. The Balaban J connectivity index is 2.39. The number of hydrogen-bond acceptors (Lipinski definition) is 3. The van der Waals surface area contributed by atoms with Crippen LogP contribution in [0.5, 0.6) is 0 Å². The highest BCUT2D eigenvalue weighted by Crippen LogP contribution is 2.28. The first-order valence-corrected chi connectivity index (χ1v) is 4.14. The molecule has 1 aromatic rings. The molecule has 0 unspecified atom stereocenters. The van der Waals surface area contributed by atoms with Gasteiger partial charge in [0, 0.05) is 0 Å². The molecule has 3 heteroatoms. The summed E-state index contributed by atoms with van der Waals surface area (Å²) in [6.07, 6.45) is 7.26. The van der Waals surface area contributed by atoms with E-state index in [-0.39, 0.29) is 0 Å². The van der Waals surface area contributed by atoms with Crippen molar-refractivity contribution in [1.29, 1.82) is 0 Å². The van der Waals surface area contributed by atoms with Crippen LogP contribution in [-0.4, -0.2) is 10.2 Å². The van der Waals surface area contributed by atoms with E-state index in [2.05, 4.69) is 16.3 Å². The standard InChI is InChI=1S/C9H11N3/c10-8-5-6-11-12-9(8)7-3-1-2-4-7/h3,5-6H,1-2,4H2,(H2,10,11). The quantitative estimate of drug-likeness (QED) is 0.681. The SMILES string of the molecule is Nc1ccnnc1C1=CCCC1. The lowest BCUT2D eigenvalue weighted by Crippen LogP contribution is -1.97. The summed E-state index contributed by atoms with van der Waals surface area (Å²) < 4.78 is 0. The predicted molar refractivity (Wildman–Crippen MR) is 48.3 cm³/mol. The van der Waals surface area contributed by atoms with Crippen LogP contribution in [0.15, 0.2) is 18.3 Å². The summed E-state index contributed by atoms with van der Waals surface area (Å²) >= 11 is 0. The van der Waals surface area contributed by atoms with E-state index in [9.17, 15) is 0 Å². The molecule has 0 bridgehead atoms. The van der Waals surface area contributed by atoms with Crippen molar-refractivity contribution < 1.29 is 0 Å². The predicted octanol–water partition coefficient (Wildman–Crippen LogP) is 1.63. The molecule has 0 saturated heterocycles. The van der Waals surface area contributed by atoms with E-state index >= 15 is 0 Å². The van der Waals surface area contributed by atoms with Crippen LogP contribution in [-0.2, 0) is 0 Å². The number of hydrogen-bond donors (Lipinski definition) is 1. The van der Waals surface area contributed by atoms with Crippen molar-refractivity contribution in [2.75, 3.05) is 5.73 Å². The van der Waals surface area contributed by atoms with Crippen molar-refractivity contribution in [3.8, 4) is 0 Å². The number of rotatable bonds is 1. The summed E-state index contributed by atoms with van der Waals surface area (Å²) in [5.74, 6) is 0. The van der Waals surface area contributed by atoms with Crippen LogP contribution in [0.25, 0.3) is 5.57 Å². The Hall–Kier alpha value is -1.38.